The summed E-state index contributed by atoms with van der Waals surface area (Å²) < 4.78 is 4.98. The number of thioether (sulfide) groups is 1. The molecular weight excluding hydrogens is 354 g/mol. The Bertz CT molecular complexity index is 945. The topological polar surface area (TPSA) is 75.9 Å². The van der Waals surface area contributed by atoms with E-state index in [4.69, 9.17) is 10.00 Å². The Morgan fingerprint density at radius 2 is 2.12 bits per heavy atom. The van der Waals surface area contributed by atoms with Crippen molar-refractivity contribution in [3.8, 4) is 17.2 Å². The van der Waals surface area contributed by atoms with E-state index in [1.807, 2.05) is 13.0 Å². The van der Waals surface area contributed by atoms with Crippen LogP contribution in [0.4, 0.5) is 0 Å². The summed E-state index contributed by atoms with van der Waals surface area (Å²) in [5.41, 5.74) is 3.35. The molecular formula is C18H15N3O2S2. The average molecular weight is 369 g/mol. The largest absolute Gasteiger partial charge is 0.447 e. The van der Waals surface area contributed by atoms with Crippen LogP contribution in [-0.2, 0) is 9.53 Å². The normalized spacial score (nSPS) is 11.9. The number of nitrogens with zero attached hydrogens (tertiary/aromatic N) is 3. The van der Waals surface area contributed by atoms with Crippen LogP contribution in [0, 0.1) is 18.3 Å². The highest BCUT2D eigenvalue weighted by molar-refractivity contribution is 8.00. The fourth-order valence-electron chi connectivity index (χ4n) is 2.29. The number of carbonyl (C=O) groups excluding carboxylic acids is 1. The monoisotopic (exact) mass is 369 g/mol. The van der Waals surface area contributed by atoms with Crippen molar-refractivity contribution in [1.29, 1.82) is 5.26 Å². The van der Waals surface area contributed by atoms with E-state index in [-0.39, 0.29) is 5.75 Å². The van der Waals surface area contributed by atoms with Gasteiger partial charge in [-0.3, -0.25) is 4.79 Å². The lowest BCUT2D eigenvalue weighted by atomic mass is 10.1. The van der Waals surface area contributed by atoms with Crippen LogP contribution in [0.25, 0.3) is 21.3 Å². The quantitative estimate of drug-likeness (QED) is 0.381. The van der Waals surface area contributed by atoms with Gasteiger partial charge in [0.25, 0.3) is 0 Å². The average Bonchev–Trinajstić information content (AvgIpc) is 3.05. The predicted molar refractivity (Wildman–Crippen MR) is 99.5 cm³/mol. The fourth-order valence-corrected chi connectivity index (χ4v) is 4.06. The summed E-state index contributed by atoms with van der Waals surface area (Å²) in [4.78, 5) is 21.4. The molecule has 2 heterocycles. The van der Waals surface area contributed by atoms with E-state index in [1.54, 1.807) is 18.3 Å². The third-order valence-corrected chi connectivity index (χ3v) is 5.36. The van der Waals surface area contributed by atoms with Crippen LogP contribution in [-0.4, -0.2) is 27.8 Å². The van der Waals surface area contributed by atoms with Gasteiger partial charge in [0.15, 0.2) is 6.10 Å². The SMILES string of the molecule is Cc1ccc(-c2csc3ncnc(SCC(=O)O[C@H](C)C#N)c23)cc1. The maximum absolute atomic E-state index is 11.8. The number of aryl methyl sites for hydroxylation is 1. The molecule has 3 rings (SSSR count). The van der Waals surface area contributed by atoms with Gasteiger partial charge in [-0.15, -0.1) is 11.3 Å². The maximum atomic E-state index is 11.8. The van der Waals surface area contributed by atoms with Crippen molar-refractivity contribution < 1.29 is 9.53 Å². The number of aromatic nitrogens is 2. The molecule has 2 aromatic heterocycles. The van der Waals surface area contributed by atoms with Gasteiger partial charge in [-0.2, -0.15) is 5.26 Å². The second-order valence-electron chi connectivity index (χ2n) is 5.42. The van der Waals surface area contributed by atoms with Gasteiger partial charge in [-0.25, -0.2) is 9.97 Å². The molecule has 25 heavy (non-hydrogen) atoms. The third-order valence-electron chi connectivity index (χ3n) is 3.51. The molecule has 126 valence electrons. The highest BCUT2D eigenvalue weighted by atomic mass is 32.2. The summed E-state index contributed by atoms with van der Waals surface area (Å²) in [5, 5.41) is 12.5. The number of esters is 1. The van der Waals surface area contributed by atoms with E-state index < -0.39 is 12.1 Å². The van der Waals surface area contributed by atoms with Gasteiger partial charge >= 0.3 is 5.97 Å². The zero-order valence-electron chi connectivity index (χ0n) is 13.7. The Hall–Kier alpha value is -2.43. The molecule has 5 nitrogen and oxygen atoms in total. The highest BCUT2D eigenvalue weighted by Gasteiger charge is 2.16. The second kappa shape index (κ2) is 7.64. The number of hydrogen-bond donors (Lipinski definition) is 0. The zero-order chi connectivity index (χ0) is 17.8. The molecule has 1 aromatic carbocycles. The molecule has 3 aromatic rings. The number of ether oxygens (including phenoxy) is 1. The first-order valence-electron chi connectivity index (χ1n) is 7.59. The maximum Gasteiger partial charge on any atom is 0.317 e. The van der Waals surface area contributed by atoms with Crippen LogP contribution < -0.4 is 0 Å². The molecule has 0 saturated carbocycles. The van der Waals surface area contributed by atoms with Crippen molar-refractivity contribution in [2.24, 2.45) is 0 Å². The summed E-state index contributed by atoms with van der Waals surface area (Å²) in [6, 6.07) is 10.2. The molecule has 0 saturated heterocycles. The van der Waals surface area contributed by atoms with E-state index in [2.05, 4.69) is 39.6 Å². The number of hydrogen-bond acceptors (Lipinski definition) is 7. The Labute approximate surface area is 153 Å². The lowest BCUT2D eigenvalue weighted by Crippen LogP contribution is -2.14. The van der Waals surface area contributed by atoms with Crippen LogP contribution in [0.3, 0.4) is 0 Å². The molecule has 7 heteroatoms. The van der Waals surface area contributed by atoms with Crippen molar-refractivity contribution in [3.05, 3.63) is 41.5 Å². The first-order chi connectivity index (χ1) is 12.1. The van der Waals surface area contributed by atoms with Crippen LogP contribution in [0.5, 0.6) is 0 Å². The molecule has 0 aliphatic carbocycles. The zero-order valence-corrected chi connectivity index (χ0v) is 15.4. The Morgan fingerprint density at radius 1 is 1.36 bits per heavy atom. The van der Waals surface area contributed by atoms with Crippen LogP contribution >= 0.6 is 23.1 Å². The molecule has 0 amide bonds. The smallest absolute Gasteiger partial charge is 0.317 e. The van der Waals surface area contributed by atoms with E-state index in [1.165, 1.54) is 23.7 Å². The number of rotatable bonds is 5. The molecule has 0 radical (unpaired) electrons. The summed E-state index contributed by atoms with van der Waals surface area (Å²) >= 11 is 2.85. The Balaban J connectivity index is 1.89. The van der Waals surface area contributed by atoms with Gasteiger partial charge in [0, 0.05) is 10.9 Å². The van der Waals surface area contributed by atoms with Gasteiger partial charge in [0.2, 0.25) is 0 Å². The lowest BCUT2D eigenvalue weighted by Gasteiger charge is -2.07. The minimum absolute atomic E-state index is 0.0985. The van der Waals surface area contributed by atoms with Gasteiger partial charge in [-0.05, 0) is 19.4 Å². The summed E-state index contributed by atoms with van der Waals surface area (Å²) in [7, 11) is 0. The van der Waals surface area contributed by atoms with E-state index in [9.17, 15) is 4.79 Å². The van der Waals surface area contributed by atoms with Gasteiger partial charge < -0.3 is 4.74 Å². The van der Waals surface area contributed by atoms with Crippen LogP contribution in [0.15, 0.2) is 41.0 Å². The summed E-state index contributed by atoms with van der Waals surface area (Å²) in [5.74, 6) is -0.334. The molecule has 0 fully saturated rings. The van der Waals surface area contributed by atoms with Crippen molar-refractivity contribution in [3.63, 3.8) is 0 Å². The first kappa shape index (κ1) is 17.4. The Kier molecular flexibility index (Phi) is 5.31. The number of fused-ring (bicyclic) bond motifs is 1. The number of thiophene rings is 1. The third kappa shape index (κ3) is 3.98. The molecule has 0 spiro atoms. The molecule has 0 aliphatic rings. The van der Waals surface area contributed by atoms with Crippen molar-refractivity contribution in [1.82, 2.24) is 9.97 Å². The molecule has 0 unspecified atom stereocenters. The van der Waals surface area contributed by atoms with E-state index in [0.29, 0.717) is 0 Å². The second-order valence-corrected chi connectivity index (χ2v) is 7.25. The van der Waals surface area contributed by atoms with E-state index in [0.717, 1.165) is 26.4 Å². The number of benzene rings is 1. The van der Waals surface area contributed by atoms with Crippen LogP contribution in [0.1, 0.15) is 12.5 Å². The van der Waals surface area contributed by atoms with Crippen molar-refractivity contribution >= 4 is 39.3 Å². The first-order valence-corrected chi connectivity index (χ1v) is 9.46. The summed E-state index contributed by atoms with van der Waals surface area (Å²) in [6.07, 6.45) is 0.756. The highest BCUT2D eigenvalue weighted by Crippen LogP contribution is 2.37. The lowest BCUT2D eigenvalue weighted by molar-refractivity contribution is -0.142. The molecule has 0 N–H and O–H groups in total. The van der Waals surface area contributed by atoms with Crippen molar-refractivity contribution in [2.45, 2.75) is 25.0 Å². The standard InChI is InChI=1S/C18H15N3O2S2/c1-11-3-5-13(6-4-11)14-8-24-17-16(14)18(21-10-20-17)25-9-15(22)23-12(2)7-19/h3-6,8,10,12H,9H2,1-2H3/t12-/m1/s1. The van der Waals surface area contributed by atoms with Gasteiger partial charge in [0.1, 0.15) is 22.3 Å². The van der Waals surface area contributed by atoms with Gasteiger partial charge in [-0.1, -0.05) is 41.6 Å². The molecule has 1 atom stereocenters. The van der Waals surface area contributed by atoms with Crippen molar-refractivity contribution in [2.75, 3.05) is 5.75 Å². The Morgan fingerprint density at radius 3 is 2.84 bits per heavy atom. The molecule has 0 aliphatic heterocycles. The minimum atomic E-state index is -0.747. The fraction of sp³-hybridized carbons (Fsp3) is 0.222. The van der Waals surface area contributed by atoms with Crippen LogP contribution in [0.2, 0.25) is 0 Å². The van der Waals surface area contributed by atoms with Gasteiger partial charge in [0.05, 0.1) is 11.1 Å². The van der Waals surface area contributed by atoms with E-state index >= 15 is 0 Å². The summed E-state index contributed by atoms with van der Waals surface area (Å²) in [6.45, 7) is 3.59. The predicted octanol–water partition coefficient (Wildman–Crippen LogP) is 4.21. The number of nitriles is 1. The minimum Gasteiger partial charge on any atom is -0.447 e. The molecule has 0 bridgehead atoms. The number of carbonyl (C=O) groups is 1.